The molecule has 2 N–H and O–H groups in total. The van der Waals surface area contributed by atoms with E-state index in [1.54, 1.807) is 0 Å². The van der Waals surface area contributed by atoms with Crippen molar-refractivity contribution >= 4 is 35.8 Å². The number of pyridine rings is 1. The van der Waals surface area contributed by atoms with E-state index in [1.807, 2.05) is 6.20 Å². The number of aliphatic imine (C=N–C) groups is 1. The minimum Gasteiger partial charge on any atom is -0.357 e. The predicted molar refractivity (Wildman–Crippen MR) is 137 cm³/mol. The van der Waals surface area contributed by atoms with Crippen LogP contribution in [0, 0.1) is 0 Å². The van der Waals surface area contributed by atoms with Crippen molar-refractivity contribution in [2.24, 2.45) is 4.99 Å². The van der Waals surface area contributed by atoms with Crippen LogP contribution in [-0.2, 0) is 6.54 Å². The van der Waals surface area contributed by atoms with Crippen LogP contribution >= 0.6 is 24.0 Å². The SMILES string of the molecule is CCNC(=NCc1ccnc(N2CCN(C)CC2)c1)NCC(C)c1ccccc1.I. The van der Waals surface area contributed by atoms with E-state index < -0.39 is 0 Å². The predicted octanol–water partition coefficient (Wildman–Crippen LogP) is 3.31. The maximum atomic E-state index is 4.79. The van der Waals surface area contributed by atoms with Gasteiger partial charge < -0.3 is 20.4 Å². The number of hydrogen-bond donors (Lipinski definition) is 2. The van der Waals surface area contributed by atoms with Gasteiger partial charge in [0.1, 0.15) is 5.82 Å². The normalized spacial score (nSPS) is 16.0. The van der Waals surface area contributed by atoms with Crippen molar-refractivity contribution in [2.45, 2.75) is 26.3 Å². The van der Waals surface area contributed by atoms with Crippen LogP contribution in [0.25, 0.3) is 0 Å². The Labute approximate surface area is 198 Å². The van der Waals surface area contributed by atoms with Gasteiger partial charge in [0.25, 0.3) is 0 Å². The molecule has 2 heterocycles. The fraction of sp³-hybridized carbons (Fsp3) is 0.478. The number of likely N-dealkylation sites (N-methyl/N-ethyl adjacent to an activating group) is 1. The topological polar surface area (TPSA) is 55.8 Å². The zero-order valence-corrected chi connectivity index (χ0v) is 20.7. The lowest BCUT2D eigenvalue weighted by molar-refractivity contribution is 0.312. The van der Waals surface area contributed by atoms with E-state index in [2.05, 4.69) is 88.8 Å². The highest BCUT2D eigenvalue weighted by Gasteiger charge is 2.15. The van der Waals surface area contributed by atoms with Crippen molar-refractivity contribution in [2.75, 3.05) is 51.2 Å². The molecule has 0 amide bonds. The Bertz CT molecular complexity index is 774. The van der Waals surface area contributed by atoms with Crippen molar-refractivity contribution in [1.82, 2.24) is 20.5 Å². The Balaban J connectivity index is 0.00000320. The van der Waals surface area contributed by atoms with Crippen LogP contribution in [0.4, 0.5) is 5.82 Å². The van der Waals surface area contributed by atoms with Gasteiger partial charge in [-0.3, -0.25) is 0 Å². The molecule has 1 fully saturated rings. The van der Waals surface area contributed by atoms with Gasteiger partial charge in [-0.15, -0.1) is 24.0 Å². The highest BCUT2D eigenvalue weighted by Crippen LogP contribution is 2.16. The third-order valence-corrected chi connectivity index (χ3v) is 5.35. The van der Waals surface area contributed by atoms with E-state index in [0.717, 1.165) is 51.0 Å². The highest BCUT2D eigenvalue weighted by molar-refractivity contribution is 14.0. The minimum atomic E-state index is 0. The average molecular weight is 522 g/mol. The molecular weight excluding hydrogens is 487 g/mol. The van der Waals surface area contributed by atoms with Gasteiger partial charge in [-0.25, -0.2) is 9.98 Å². The van der Waals surface area contributed by atoms with Crippen LogP contribution in [0.3, 0.4) is 0 Å². The van der Waals surface area contributed by atoms with E-state index >= 15 is 0 Å². The molecular formula is C23H35IN6. The minimum absolute atomic E-state index is 0. The van der Waals surface area contributed by atoms with Crippen LogP contribution in [0.15, 0.2) is 53.7 Å². The zero-order valence-electron chi connectivity index (χ0n) is 18.3. The molecule has 1 aromatic carbocycles. The van der Waals surface area contributed by atoms with Crippen molar-refractivity contribution in [3.8, 4) is 0 Å². The largest absolute Gasteiger partial charge is 0.357 e. The number of aromatic nitrogens is 1. The first-order chi connectivity index (χ1) is 14.2. The molecule has 30 heavy (non-hydrogen) atoms. The van der Waals surface area contributed by atoms with Crippen molar-refractivity contribution in [1.29, 1.82) is 0 Å². The summed E-state index contributed by atoms with van der Waals surface area (Å²) in [6, 6.07) is 14.8. The molecule has 1 unspecified atom stereocenters. The number of nitrogens with one attached hydrogen (secondary N) is 2. The van der Waals surface area contributed by atoms with Crippen LogP contribution in [0.2, 0.25) is 0 Å². The molecule has 0 spiro atoms. The van der Waals surface area contributed by atoms with E-state index in [1.165, 1.54) is 11.1 Å². The molecule has 1 aromatic heterocycles. The molecule has 1 atom stereocenters. The average Bonchev–Trinajstić information content (AvgIpc) is 2.77. The third-order valence-electron chi connectivity index (χ3n) is 5.35. The first-order valence-corrected chi connectivity index (χ1v) is 10.6. The smallest absolute Gasteiger partial charge is 0.191 e. The maximum Gasteiger partial charge on any atom is 0.191 e. The van der Waals surface area contributed by atoms with Gasteiger partial charge in [0.15, 0.2) is 5.96 Å². The van der Waals surface area contributed by atoms with E-state index in [9.17, 15) is 0 Å². The lowest BCUT2D eigenvalue weighted by atomic mass is 10.0. The lowest BCUT2D eigenvalue weighted by Gasteiger charge is -2.33. The number of hydrogen-bond acceptors (Lipinski definition) is 4. The third kappa shape index (κ3) is 7.43. The van der Waals surface area contributed by atoms with Gasteiger partial charge in [0.05, 0.1) is 6.54 Å². The summed E-state index contributed by atoms with van der Waals surface area (Å²) < 4.78 is 0. The first kappa shape index (κ1) is 24.4. The molecule has 0 bridgehead atoms. The molecule has 7 heteroatoms. The summed E-state index contributed by atoms with van der Waals surface area (Å²) in [5, 5.41) is 6.83. The number of nitrogens with zero attached hydrogens (tertiary/aromatic N) is 4. The van der Waals surface area contributed by atoms with Crippen molar-refractivity contribution in [3.63, 3.8) is 0 Å². The van der Waals surface area contributed by atoms with Crippen LogP contribution in [0.1, 0.15) is 30.9 Å². The monoisotopic (exact) mass is 522 g/mol. The molecule has 0 aliphatic carbocycles. The highest BCUT2D eigenvalue weighted by atomic mass is 127. The Morgan fingerprint density at radius 3 is 2.53 bits per heavy atom. The Hall–Kier alpha value is -1.87. The lowest BCUT2D eigenvalue weighted by Crippen LogP contribution is -2.44. The molecule has 1 aliphatic heterocycles. The Kier molecular flexibility index (Phi) is 10.4. The maximum absolute atomic E-state index is 4.79. The van der Waals surface area contributed by atoms with Crippen LogP contribution < -0.4 is 15.5 Å². The number of halogens is 1. The van der Waals surface area contributed by atoms with Gasteiger partial charge in [0, 0.05) is 45.5 Å². The summed E-state index contributed by atoms with van der Waals surface area (Å²) in [5.41, 5.74) is 2.52. The second-order valence-corrected chi connectivity index (χ2v) is 7.70. The summed E-state index contributed by atoms with van der Waals surface area (Å²) in [7, 11) is 2.17. The van der Waals surface area contributed by atoms with Crippen molar-refractivity contribution in [3.05, 3.63) is 59.8 Å². The van der Waals surface area contributed by atoms with Crippen LogP contribution in [0.5, 0.6) is 0 Å². The zero-order chi connectivity index (χ0) is 20.5. The summed E-state index contributed by atoms with van der Waals surface area (Å²) >= 11 is 0. The van der Waals surface area contributed by atoms with Crippen molar-refractivity contribution < 1.29 is 0 Å². The molecule has 0 saturated carbocycles. The molecule has 3 rings (SSSR count). The second-order valence-electron chi connectivity index (χ2n) is 7.70. The molecule has 2 aromatic rings. The number of guanidine groups is 1. The van der Waals surface area contributed by atoms with Gasteiger partial charge >= 0.3 is 0 Å². The number of anilines is 1. The van der Waals surface area contributed by atoms with Gasteiger partial charge in [-0.2, -0.15) is 0 Å². The molecule has 6 nitrogen and oxygen atoms in total. The van der Waals surface area contributed by atoms with E-state index in [4.69, 9.17) is 4.99 Å². The first-order valence-electron chi connectivity index (χ1n) is 10.6. The summed E-state index contributed by atoms with van der Waals surface area (Å²) in [6.07, 6.45) is 1.90. The van der Waals surface area contributed by atoms with Crippen LogP contribution in [-0.4, -0.2) is 62.2 Å². The molecule has 1 aliphatic rings. The molecule has 1 saturated heterocycles. The number of piperazine rings is 1. The standard InChI is InChI=1S/C23H34N6.HI/c1-4-24-23(26-17-19(2)21-8-6-5-7-9-21)27-18-20-10-11-25-22(16-20)29-14-12-28(3)13-15-29;/h5-11,16,19H,4,12-15,17-18H2,1-3H3,(H2,24,26,27);1H. The summed E-state index contributed by atoms with van der Waals surface area (Å²) in [6.45, 7) is 10.9. The molecule has 0 radical (unpaired) electrons. The summed E-state index contributed by atoms with van der Waals surface area (Å²) in [5.74, 6) is 2.33. The fourth-order valence-electron chi connectivity index (χ4n) is 3.43. The van der Waals surface area contributed by atoms with E-state index in [0.29, 0.717) is 12.5 Å². The Morgan fingerprint density at radius 1 is 1.10 bits per heavy atom. The van der Waals surface area contributed by atoms with Gasteiger partial charge in [-0.1, -0.05) is 37.3 Å². The number of rotatable bonds is 7. The fourth-order valence-corrected chi connectivity index (χ4v) is 3.43. The quantitative estimate of drug-likeness (QED) is 0.332. The number of benzene rings is 1. The van der Waals surface area contributed by atoms with Gasteiger partial charge in [0.2, 0.25) is 0 Å². The Morgan fingerprint density at radius 2 is 1.83 bits per heavy atom. The molecule has 164 valence electrons. The summed E-state index contributed by atoms with van der Waals surface area (Å²) in [4.78, 5) is 14.1. The van der Waals surface area contributed by atoms with Gasteiger partial charge in [-0.05, 0) is 43.1 Å². The second kappa shape index (κ2) is 12.7. The van der Waals surface area contributed by atoms with E-state index in [-0.39, 0.29) is 24.0 Å².